The van der Waals surface area contributed by atoms with Crippen molar-refractivity contribution in [3.05, 3.63) is 35.4 Å². The van der Waals surface area contributed by atoms with Crippen LogP contribution in [0, 0.1) is 6.92 Å². The molecule has 0 heterocycles. The summed E-state index contributed by atoms with van der Waals surface area (Å²) in [6.07, 6.45) is 1.21. The lowest BCUT2D eigenvalue weighted by atomic mass is 10.1. The first-order valence-corrected chi connectivity index (χ1v) is 6.56. The normalized spacial score (nSPS) is 11.1. The standard InChI is InChI=1S/C15H26N.HI/c1-5-16(6-2,7-3)12-11-15-10-8-9-14(4)13-15;/h8-10,13H,5-7,11-12H2,1-4H3;1H/q+1;/p-1. The molecule has 0 aliphatic heterocycles. The van der Waals surface area contributed by atoms with E-state index in [0.29, 0.717) is 0 Å². The van der Waals surface area contributed by atoms with Gasteiger partial charge in [0.05, 0.1) is 26.2 Å². The number of hydrogen-bond acceptors (Lipinski definition) is 0. The number of hydrogen-bond donors (Lipinski definition) is 0. The summed E-state index contributed by atoms with van der Waals surface area (Å²) >= 11 is 0. The zero-order valence-corrected chi connectivity index (χ0v) is 13.8. The first kappa shape index (κ1) is 16.9. The van der Waals surface area contributed by atoms with Crippen LogP contribution >= 0.6 is 0 Å². The lowest BCUT2D eigenvalue weighted by Gasteiger charge is -2.35. The minimum Gasteiger partial charge on any atom is -1.00 e. The minimum atomic E-state index is 0. The molecule has 0 fully saturated rings. The highest BCUT2D eigenvalue weighted by Crippen LogP contribution is 2.11. The molecule has 0 aliphatic rings. The van der Waals surface area contributed by atoms with Crippen molar-refractivity contribution >= 4 is 0 Å². The molecule has 0 saturated heterocycles. The van der Waals surface area contributed by atoms with E-state index < -0.39 is 0 Å². The molecule has 0 amide bonds. The highest BCUT2D eigenvalue weighted by atomic mass is 127. The first-order valence-electron chi connectivity index (χ1n) is 6.56. The number of halogens is 1. The van der Waals surface area contributed by atoms with Crippen LogP contribution in [0.5, 0.6) is 0 Å². The molecular formula is C15H26IN. The van der Waals surface area contributed by atoms with Gasteiger partial charge in [-0.2, -0.15) is 0 Å². The Kier molecular flexibility index (Phi) is 8.05. The molecule has 1 aromatic rings. The Hall–Kier alpha value is -0.0900. The summed E-state index contributed by atoms with van der Waals surface area (Å²) in [6, 6.07) is 8.91. The average molecular weight is 347 g/mol. The summed E-state index contributed by atoms with van der Waals surface area (Å²) in [5.41, 5.74) is 2.86. The van der Waals surface area contributed by atoms with Gasteiger partial charge in [-0.3, -0.25) is 0 Å². The summed E-state index contributed by atoms with van der Waals surface area (Å²) in [5.74, 6) is 0. The van der Waals surface area contributed by atoms with Gasteiger partial charge in [-0.25, -0.2) is 0 Å². The van der Waals surface area contributed by atoms with Gasteiger partial charge >= 0.3 is 0 Å². The predicted octanol–water partition coefficient (Wildman–Crippen LogP) is 0.418. The van der Waals surface area contributed by atoms with Crippen molar-refractivity contribution in [2.75, 3.05) is 26.2 Å². The molecule has 0 atom stereocenters. The Morgan fingerprint density at radius 3 is 2.06 bits per heavy atom. The summed E-state index contributed by atoms with van der Waals surface area (Å²) in [7, 11) is 0. The number of likely N-dealkylation sites (N-methyl/N-ethyl adjacent to an activating group) is 1. The van der Waals surface area contributed by atoms with Crippen molar-refractivity contribution < 1.29 is 28.5 Å². The fraction of sp³-hybridized carbons (Fsp3) is 0.600. The maximum atomic E-state index is 2.32. The molecule has 98 valence electrons. The van der Waals surface area contributed by atoms with Crippen LogP contribution in [-0.2, 0) is 6.42 Å². The van der Waals surface area contributed by atoms with E-state index in [1.807, 2.05) is 0 Å². The van der Waals surface area contributed by atoms with Crippen LogP contribution in [0.4, 0.5) is 0 Å². The van der Waals surface area contributed by atoms with Gasteiger partial charge in [0, 0.05) is 6.42 Å². The summed E-state index contributed by atoms with van der Waals surface area (Å²) < 4.78 is 1.24. The SMILES string of the molecule is CC[N+](CC)(CC)CCc1cccc(C)c1.[I-]. The highest BCUT2D eigenvalue weighted by Gasteiger charge is 2.19. The number of nitrogens with zero attached hydrogens (tertiary/aromatic N) is 1. The fourth-order valence-electron chi connectivity index (χ4n) is 2.38. The largest absolute Gasteiger partial charge is 1.00 e. The smallest absolute Gasteiger partial charge is 0.0827 e. The fourth-order valence-corrected chi connectivity index (χ4v) is 2.38. The summed E-state index contributed by atoms with van der Waals surface area (Å²) in [5, 5.41) is 0. The van der Waals surface area contributed by atoms with Crippen LogP contribution < -0.4 is 24.0 Å². The number of benzene rings is 1. The van der Waals surface area contributed by atoms with Crippen molar-refractivity contribution in [3.8, 4) is 0 Å². The molecule has 0 saturated carbocycles. The maximum absolute atomic E-state index is 2.32. The summed E-state index contributed by atoms with van der Waals surface area (Å²) in [4.78, 5) is 0. The Balaban J connectivity index is 0.00000256. The topological polar surface area (TPSA) is 0 Å². The van der Waals surface area contributed by atoms with Crippen molar-refractivity contribution in [2.45, 2.75) is 34.1 Å². The Bertz CT molecular complexity index is 310. The zero-order chi connectivity index (χ0) is 12.0. The molecule has 0 unspecified atom stereocenters. The second-order valence-electron chi connectivity index (χ2n) is 4.75. The highest BCUT2D eigenvalue weighted by molar-refractivity contribution is 5.22. The van der Waals surface area contributed by atoms with Crippen LogP contribution in [0.1, 0.15) is 31.9 Å². The molecule has 0 spiro atoms. The molecule has 2 heteroatoms. The van der Waals surface area contributed by atoms with E-state index in [1.54, 1.807) is 0 Å². The van der Waals surface area contributed by atoms with Crippen molar-refractivity contribution in [1.82, 2.24) is 0 Å². The lowest BCUT2D eigenvalue weighted by molar-refractivity contribution is -0.923. The second kappa shape index (κ2) is 8.09. The molecule has 0 bridgehead atoms. The molecule has 0 N–H and O–H groups in total. The van der Waals surface area contributed by atoms with E-state index in [4.69, 9.17) is 0 Å². The minimum absolute atomic E-state index is 0. The predicted molar refractivity (Wildman–Crippen MR) is 71.6 cm³/mol. The third-order valence-electron chi connectivity index (χ3n) is 3.97. The quantitative estimate of drug-likeness (QED) is 0.517. The summed E-state index contributed by atoms with van der Waals surface area (Å²) in [6.45, 7) is 14.1. The van der Waals surface area contributed by atoms with E-state index in [2.05, 4.69) is 52.0 Å². The molecule has 0 radical (unpaired) electrons. The van der Waals surface area contributed by atoms with Gasteiger partial charge in [-0.15, -0.1) is 0 Å². The van der Waals surface area contributed by atoms with Crippen molar-refractivity contribution in [1.29, 1.82) is 0 Å². The van der Waals surface area contributed by atoms with E-state index in [1.165, 1.54) is 48.2 Å². The molecule has 1 aromatic carbocycles. The van der Waals surface area contributed by atoms with Gasteiger partial charge in [-0.05, 0) is 33.3 Å². The number of quaternary nitrogens is 1. The number of aryl methyl sites for hydroxylation is 1. The Morgan fingerprint density at radius 2 is 1.59 bits per heavy atom. The Morgan fingerprint density at radius 1 is 1.00 bits per heavy atom. The van der Waals surface area contributed by atoms with E-state index in [-0.39, 0.29) is 24.0 Å². The van der Waals surface area contributed by atoms with Crippen LogP contribution in [0.3, 0.4) is 0 Å². The van der Waals surface area contributed by atoms with E-state index in [0.717, 1.165) is 0 Å². The van der Waals surface area contributed by atoms with Gasteiger partial charge in [0.2, 0.25) is 0 Å². The van der Waals surface area contributed by atoms with Crippen molar-refractivity contribution in [3.63, 3.8) is 0 Å². The Labute approximate surface area is 124 Å². The maximum Gasteiger partial charge on any atom is 0.0827 e. The first-order chi connectivity index (χ1) is 7.65. The van der Waals surface area contributed by atoms with Crippen LogP contribution in [0.25, 0.3) is 0 Å². The lowest BCUT2D eigenvalue weighted by Crippen LogP contribution is -3.00. The van der Waals surface area contributed by atoms with E-state index in [9.17, 15) is 0 Å². The van der Waals surface area contributed by atoms with Gasteiger partial charge in [0.25, 0.3) is 0 Å². The van der Waals surface area contributed by atoms with Gasteiger partial charge in [0.1, 0.15) is 0 Å². The van der Waals surface area contributed by atoms with Gasteiger partial charge in [0.15, 0.2) is 0 Å². The monoisotopic (exact) mass is 347 g/mol. The third-order valence-corrected chi connectivity index (χ3v) is 3.97. The molecule has 0 aromatic heterocycles. The third kappa shape index (κ3) is 4.96. The molecule has 1 rings (SSSR count). The molecule has 17 heavy (non-hydrogen) atoms. The van der Waals surface area contributed by atoms with Crippen LogP contribution in [0.2, 0.25) is 0 Å². The van der Waals surface area contributed by atoms with Crippen molar-refractivity contribution in [2.24, 2.45) is 0 Å². The average Bonchev–Trinajstić information content (AvgIpc) is 2.32. The molecule has 0 aliphatic carbocycles. The molecular weight excluding hydrogens is 321 g/mol. The molecule has 1 nitrogen and oxygen atoms in total. The van der Waals surface area contributed by atoms with Crippen LogP contribution in [0.15, 0.2) is 24.3 Å². The number of rotatable bonds is 6. The van der Waals surface area contributed by atoms with Gasteiger partial charge in [-0.1, -0.05) is 29.8 Å². The zero-order valence-electron chi connectivity index (χ0n) is 11.7. The second-order valence-corrected chi connectivity index (χ2v) is 4.75. The van der Waals surface area contributed by atoms with Gasteiger partial charge < -0.3 is 28.5 Å². The van der Waals surface area contributed by atoms with Crippen LogP contribution in [-0.4, -0.2) is 30.7 Å². The van der Waals surface area contributed by atoms with E-state index >= 15 is 0 Å².